The SMILES string of the molecule is CC(C)(C)OC(=O)c1n[nH]nc1C1CC2CCC1C2. The van der Waals surface area contributed by atoms with Gasteiger partial charge in [0.25, 0.3) is 0 Å². The number of carbonyl (C=O) groups excluding carboxylic acids is 1. The number of fused-ring (bicyclic) bond motifs is 2. The van der Waals surface area contributed by atoms with Crippen molar-refractivity contribution < 1.29 is 9.53 Å². The van der Waals surface area contributed by atoms with Gasteiger partial charge in [-0.25, -0.2) is 4.79 Å². The Balaban J connectivity index is 1.81. The largest absolute Gasteiger partial charge is 0.455 e. The minimum atomic E-state index is -0.498. The molecule has 0 spiro atoms. The number of esters is 1. The quantitative estimate of drug-likeness (QED) is 0.833. The molecule has 1 heterocycles. The summed E-state index contributed by atoms with van der Waals surface area (Å²) in [6.45, 7) is 5.59. The van der Waals surface area contributed by atoms with Gasteiger partial charge in [-0.15, -0.1) is 5.10 Å². The number of aromatic nitrogens is 3. The maximum absolute atomic E-state index is 12.2. The maximum atomic E-state index is 12.2. The Hall–Kier alpha value is -1.39. The second-order valence-corrected chi connectivity index (χ2v) is 6.84. The molecule has 2 fully saturated rings. The third-order valence-corrected chi connectivity index (χ3v) is 4.26. The fourth-order valence-electron chi connectivity index (χ4n) is 3.55. The molecule has 19 heavy (non-hydrogen) atoms. The molecule has 2 bridgehead atoms. The second kappa shape index (κ2) is 4.32. The first-order valence-corrected chi connectivity index (χ1v) is 7.08. The molecule has 0 aliphatic heterocycles. The summed E-state index contributed by atoms with van der Waals surface area (Å²) in [5.41, 5.74) is 0.705. The van der Waals surface area contributed by atoms with Crippen LogP contribution in [0.15, 0.2) is 0 Å². The highest BCUT2D eigenvalue weighted by molar-refractivity contribution is 5.88. The number of hydrogen-bond acceptors (Lipinski definition) is 4. The summed E-state index contributed by atoms with van der Waals surface area (Å²) in [5.74, 6) is 1.52. The summed E-state index contributed by atoms with van der Waals surface area (Å²) in [7, 11) is 0. The predicted molar refractivity (Wildman–Crippen MR) is 69.7 cm³/mol. The first kappa shape index (κ1) is 12.6. The van der Waals surface area contributed by atoms with Gasteiger partial charge < -0.3 is 4.74 Å². The minimum Gasteiger partial charge on any atom is -0.455 e. The van der Waals surface area contributed by atoms with Gasteiger partial charge in [0.15, 0.2) is 5.69 Å². The van der Waals surface area contributed by atoms with E-state index in [4.69, 9.17) is 4.74 Å². The Morgan fingerprint density at radius 3 is 2.63 bits per heavy atom. The van der Waals surface area contributed by atoms with Crippen LogP contribution in [-0.2, 0) is 4.74 Å². The molecule has 5 heteroatoms. The Bertz CT molecular complexity index is 489. The van der Waals surface area contributed by atoms with Crippen molar-refractivity contribution in [1.82, 2.24) is 15.4 Å². The number of ether oxygens (including phenoxy) is 1. The third kappa shape index (κ3) is 2.38. The summed E-state index contributed by atoms with van der Waals surface area (Å²) >= 11 is 0. The lowest BCUT2D eigenvalue weighted by Crippen LogP contribution is -2.25. The molecule has 0 amide bonds. The summed E-state index contributed by atoms with van der Waals surface area (Å²) in [4.78, 5) is 12.2. The van der Waals surface area contributed by atoms with Crippen LogP contribution in [-0.4, -0.2) is 27.0 Å². The van der Waals surface area contributed by atoms with E-state index in [1.807, 2.05) is 20.8 Å². The van der Waals surface area contributed by atoms with Gasteiger partial charge in [0.05, 0.1) is 0 Å². The molecule has 1 aromatic rings. The number of carbonyl (C=O) groups is 1. The van der Waals surface area contributed by atoms with Crippen molar-refractivity contribution >= 4 is 5.97 Å². The third-order valence-electron chi connectivity index (χ3n) is 4.26. The summed E-state index contributed by atoms with van der Waals surface area (Å²) in [6, 6.07) is 0. The Kier molecular flexibility index (Phi) is 2.87. The molecule has 3 atom stereocenters. The zero-order valence-electron chi connectivity index (χ0n) is 11.8. The molecular formula is C14H21N3O2. The zero-order chi connectivity index (χ0) is 13.6. The van der Waals surface area contributed by atoms with Crippen LogP contribution in [0.4, 0.5) is 0 Å². The molecule has 2 aliphatic carbocycles. The molecule has 2 aliphatic rings. The average molecular weight is 263 g/mol. The van der Waals surface area contributed by atoms with Crippen LogP contribution >= 0.6 is 0 Å². The van der Waals surface area contributed by atoms with Crippen LogP contribution < -0.4 is 0 Å². The lowest BCUT2D eigenvalue weighted by Gasteiger charge is -2.22. The van der Waals surface area contributed by atoms with E-state index in [0.717, 1.165) is 18.0 Å². The van der Waals surface area contributed by atoms with Gasteiger partial charge in [0, 0.05) is 5.92 Å². The fourth-order valence-corrected chi connectivity index (χ4v) is 3.55. The van der Waals surface area contributed by atoms with Crippen molar-refractivity contribution in [2.45, 2.75) is 58.0 Å². The number of hydrogen-bond donors (Lipinski definition) is 1. The van der Waals surface area contributed by atoms with Crippen LogP contribution in [0.2, 0.25) is 0 Å². The number of rotatable bonds is 2. The molecule has 2 saturated carbocycles. The van der Waals surface area contributed by atoms with Gasteiger partial charge in [-0.3, -0.25) is 0 Å². The van der Waals surface area contributed by atoms with Crippen molar-refractivity contribution in [3.63, 3.8) is 0 Å². The van der Waals surface area contributed by atoms with E-state index < -0.39 is 5.60 Å². The van der Waals surface area contributed by atoms with Crippen LogP contribution in [0.1, 0.15) is 68.6 Å². The van der Waals surface area contributed by atoms with E-state index in [1.54, 1.807) is 0 Å². The van der Waals surface area contributed by atoms with Crippen molar-refractivity contribution in [2.75, 3.05) is 0 Å². The van der Waals surface area contributed by atoms with Crippen LogP contribution in [0.25, 0.3) is 0 Å². The van der Waals surface area contributed by atoms with Gasteiger partial charge in [-0.05, 0) is 51.9 Å². The van der Waals surface area contributed by atoms with Crippen molar-refractivity contribution in [2.24, 2.45) is 11.8 Å². The predicted octanol–water partition coefficient (Wildman–Crippen LogP) is 2.66. The molecule has 5 nitrogen and oxygen atoms in total. The average Bonchev–Trinajstić information content (AvgIpc) is 3.02. The number of nitrogens with zero attached hydrogens (tertiary/aromatic N) is 2. The Morgan fingerprint density at radius 2 is 2.05 bits per heavy atom. The van der Waals surface area contributed by atoms with E-state index >= 15 is 0 Å². The van der Waals surface area contributed by atoms with E-state index in [9.17, 15) is 4.79 Å². The maximum Gasteiger partial charge on any atom is 0.361 e. The lowest BCUT2D eigenvalue weighted by molar-refractivity contribution is 0.00606. The van der Waals surface area contributed by atoms with Crippen molar-refractivity contribution in [3.05, 3.63) is 11.4 Å². The van der Waals surface area contributed by atoms with Gasteiger partial charge in [0.2, 0.25) is 0 Å². The second-order valence-electron chi connectivity index (χ2n) is 6.84. The topological polar surface area (TPSA) is 67.9 Å². The number of H-pyrrole nitrogens is 1. The highest BCUT2D eigenvalue weighted by atomic mass is 16.6. The van der Waals surface area contributed by atoms with Crippen LogP contribution in [0.5, 0.6) is 0 Å². The van der Waals surface area contributed by atoms with Crippen LogP contribution in [0.3, 0.4) is 0 Å². The summed E-state index contributed by atoms with van der Waals surface area (Å²) in [5, 5.41) is 10.8. The molecule has 0 radical (unpaired) electrons. The number of aromatic amines is 1. The van der Waals surface area contributed by atoms with Crippen molar-refractivity contribution in [3.8, 4) is 0 Å². The van der Waals surface area contributed by atoms with E-state index in [2.05, 4.69) is 15.4 Å². The van der Waals surface area contributed by atoms with Gasteiger partial charge in [-0.1, -0.05) is 6.42 Å². The van der Waals surface area contributed by atoms with Crippen LogP contribution in [0, 0.1) is 11.8 Å². The lowest BCUT2D eigenvalue weighted by atomic mass is 9.85. The minimum absolute atomic E-state index is 0.362. The summed E-state index contributed by atoms with van der Waals surface area (Å²) < 4.78 is 5.40. The highest BCUT2D eigenvalue weighted by Gasteiger charge is 2.43. The van der Waals surface area contributed by atoms with Gasteiger partial charge in [-0.2, -0.15) is 10.3 Å². The van der Waals surface area contributed by atoms with E-state index in [0.29, 0.717) is 17.5 Å². The van der Waals surface area contributed by atoms with E-state index in [-0.39, 0.29) is 5.97 Å². The van der Waals surface area contributed by atoms with Gasteiger partial charge >= 0.3 is 5.97 Å². The first-order valence-electron chi connectivity index (χ1n) is 7.08. The molecule has 104 valence electrons. The van der Waals surface area contributed by atoms with E-state index in [1.165, 1.54) is 19.3 Å². The normalized spacial score (nSPS) is 29.7. The molecule has 3 rings (SSSR count). The first-order chi connectivity index (χ1) is 8.94. The molecule has 3 unspecified atom stereocenters. The molecular weight excluding hydrogens is 242 g/mol. The highest BCUT2D eigenvalue weighted by Crippen LogP contribution is 2.52. The molecule has 1 N–H and O–H groups in total. The molecule has 0 aromatic carbocycles. The number of nitrogens with one attached hydrogen (secondary N) is 1. The molecule has 0 saturated heterocycles. The Labute approximate surface area is 113 Å². The smallest absolute Gasteiger partial charge is 0.361 e. The monoisotopic (exact) mass is 263 g/mol. The standard InChI is InChI=1S/C14H21N3O2/c1-14(2,3)19-13(18)12-11(15-17-16-12)10-7-8-4-5-9(10)6-8/h8-10H,4-7H2,1-3H3,(H,15,16,17). The zero-order valence-corrected chi connectivity index (χ0v) is 11.8. The molecule has 1 aromatic heterocycles. The summed E-state index contributed by atoms with van der Waals surface area (Å²) in [6.07, 6.45) is 5.02. The Morgan fingerprint density at radius 1 is 1.26 bits per heavy atom. The van der Waals surface area contributed by atoms with Crippen molar-refractivity contribution in [1.29, 1.82) is 0 Å². The fraction of sp³-hybridized carbons (Fsp3) is 0.786. The van der Waals surface area contributed by atoms with Gasteiger partial charge in [0.1, 0.15) is 11.3 Å².